The highest BCUT2D eigenvalue weighted by molar-refractivity contribution is 7.58. The molecule has 1 aliphatic heterocycles. The second-order valence-corrected chi connectivity index (χ2v) is 36.8. The van der Waals surface area contributed by atoms with Crippen molar-refractivity contribution < 1.29 is 0 Å². The molecule has 562 valence electrons. The van der Waals surface area contributed by atoms with E-state index in [0.29, 0.717) is 0 Å². The largest absolute Gasteiger partial charge is 0.172 e. The fourth-order valence-corrected chi connectivity index (χ4v) is 24.1. The second kappa shape index (κ2) is 38.5. The summed E-state index contributed by atoms with van der Waals surface area (Å²) in [7, 11) is 0. The number of aryl methyl sites for hydroxylation is 8. The fourth-order valence-electron chi connectivity index (χ4n) is 18.2. The Morgan fingerprint density at radius 3 is 0.774 bits per heavy atom. The van der Waals surface area contributed by atoms with Crippen molar-refractivity contribution in [3.05, 3.63) is 197 Å². The predicted octanol–water partition coefficient (Wildman–Crippen LogP) is 31.7. The molecule has 4 nitrogen and oxygen atoms in total. The minimum absolute atomic E-state index is 0.521. The molecule has 0 saturated heterocycles. The van der Waals surface area contributed by atoms with Gasteiger partial charge in [0.05, 0.1) is 43.7 Å². The Kier molecular flexibility index (Phi) is 28.5. The van der Waals surface area contributed by atoms with E-state index in [1.165, 1.54) is 347 Å². The van der Waals surface area contributed by atoms with Gasteiger partial charge in [-0.25, -0.2) is 0 Å². The van der Waals surface area contributed by atoms with Crippen molar-refractivity contribution in [2.45, 2.75) is 323 Å². The molecular weight excluding hydrogens is 1400 g/mol. The lowest BCUT2D eigenvalue weighted by Gasteiger charge is -2.34. The summed E-state index contributed by atoms with van der Waals surface area (Å²) in [6, 6.07) is 42.3. The van der Waals surface area contributed by atoms with E-state index < -0.39 is 10.8 Å². The van der Waals surface area contributed by atoms with Crippen LogP contribution in [0.25, 0.3) is 51.4 Å². The third-order valence-electron chi connectivity index (χ3n) is 23.7. The molecule has 13 rings (SSSR count). The average Bonchev–Trinajstić information content (AvgIpc) is 1.53. The number of aromatic nitrogens is 2. The maximum absolute atomic E-state index is 5.47. The van der Waals surface area contributed by atoms with Crippen LogP contribution in [-0.4, -0.2) is 8.75 Å². The number of hydrogen-bond donors (Lipinski definition) is 0. The lowest BCUT2D eigenvalue weighted by molar-refractivity contribution is 0.656. The van der Waals surface area contributed by atoms with Gasteiger partial charge in [-0.1, -0.05) is 282 Å². The van der Waals surface area contributed by atoms with Crippen LogP contribution in [0.5, 0.6) is 0 Å². The predicted molar refractivity (Wildman–Crippen MR) is 469 cm³/mol. The first-order valence-corrected chi connectivity index (χ1v) is 47.5. The molecular formula is C96H122N4S6. The van der Waals surface area contributed by atoms with Crippen LogP contribution in [0.15, 0.2) is 117 Å². The standard InChI is InChI=1S/C96H122N4S6/c1-9-17-25-33-41-67-53-68(42-34-26-18-10-2)58-75(57-67)95(76-59-69(43-35-27-19-11-3)54-70(60-76)44-36-28-20-12-4)79-49-51-101-91(79)93-81(95)65-83(103-93)85-87-89(99-105-97-87)86(90-88(85)98-106-100-90)84-66-82-94(104-84)92-80(50-52-102-92)96(82,77-61-71(45-37-29-21-13-5)55-72(62-77)46-38-30-22-14-6)78-63-73(47-39-31-23-15-7)56-74(64-78)48-40-32-24-16-8/h49-66H,9-48H2,1-8H3. The van der Waals surface area contributed by atoms with Crippen LogP contribution in [-0.2, 0) is 73.6 Å². The number of fused-ring (bicyclic) bond motifs is 8. The van der Waals surface area contributed by atoms with Crippen molar-refractivity contribution in [1.82, 2.24) is 8.75 Å². The molecule has 6 heterocycles. The van der Waals surface area contributed by atoms with Gasteiger partial charge < -0.3 is 0 Å². The van der Waals surface area contributed by atoms with Crippen molar-refractivity contribution in [1.29, 1.82) is 0 Å². The molecule has 0 fully saturated rings. The second-order valence-electron chi connectivity index (χ2n) is 31.8. The van der Waals surface area contributed by atoms with Crippen LogP contribution in [0.3, 0.4) is 0 Å². The molecule has 106 heavy (non-hydrogen) atoms. The summed E-state index contributed by atoms with van der Waals surface area (Å²) in [5, 5.41) is 4.82. The highest BCUT2D eigenvalue weighted by Crippen LogP contribution is 2.66. The summed E-state index contributed by atoms with van der Waals surface area (Å²) in [6.45, 7) is 18.8. The van der Waals surface area contributed by atoms with Crippen molar-refractivity contribution in [3.63, 3.8) is 0 Å². The van der Waals surface area contributed by atoms with E-state index in [1.807, 2.05) is 45.3 Å². The quantitative estimate of drug-likeness (QED) is 0.0357. The molecule has 10 heteroatoms. The molecule has 0 amide bonds. The van der Waals surface area contributed by atoms with E-state index in [-0.39, 0.29) is 0 Å². The molecule has 3 aliphatic rings. The van der Waals surface area contributed by atoms with Gasteiger partial charge in [0.25, 0.3) is 0 Å². The van der Waals surface area contributed by atoms with Crippen molar-refractivity contribution in [2.24, 2.45) is 8.73 Å². The van der Waals surface area contributed by atoms with Crippen LogP contribution < -0.4 is 0 Å². The van der Waals surface area contributed by atoms with E-state index >= 15 is 0 Å². The molecule has 0 saturated carbocycles. The molecule has 0 atom stereocenters. The number of nitrogens with zero attached hydrogens (tertiary/aromatic N) is 4. The lowest BCUT2D eigenvalue weighted by atomic mass is 9.67. The average molecular weight is 1520 g/mol. The third-order valence-corrected chi connectivity index (χ3v) is 29.3. The van der Waals surface area contributed by atoms with Crippen LogP contribution in [0, 0.1) is 0 Å². The molecule has 2 aliphatic carbocycles. The molecule has 0 radical (unpaired) electrons. The molecule has 0 N–H and O–H groups in total. The highest BCUT2D eigenvalue weighted by Gasteiger charge is 2.51. The number of rotatable bonds is 46. The molecule has 0 bridgehead atoms. The summed E-state index contributed by atoms with van der Waals surface area (Å²) in [4.78, 5) is 8.07. The molecule has 5 aromatic carbocycles. The van der Waals surface area contributed by atoms with Gasteiger partial charge in [0.1, 0.15) is 22.4 Å². The Bertz CT molecular complexity index is 4040. The monoisotopic (exact) mass is 1520 g/mol. The topological polar surface area (TPSA) is 50.5 Å². The summed E-state index contributed by atoms with van der Waals surface area (Å²) < 4.78 is 21.9. The first-order valence-electron chi connectivity index (χ1n) is 42.6. The van der Waals surface area contributed by atoms with Crippen molar-refractivity contribution >= 4 is 90.8 Å². The van der Waals surface area contributed by atoms with Gasteiger partial charge in [-0.05, 0) is 227 Å². The van der Waals surface area contributed by atoms with Gasteiger partial charge in [0.2, 0.25) is 0 Å². The van der Waals surface area contributed by atoms with E-state index in [4.69, 9.17) is 17.5 Å². The first kappa shape index (κ1) is 78.7. The summed E-state index contributed by atoms with van der Waals surface area (Å²) in [5.41, 5.74) is 28.5. The zero-order chi connectivity index (χ0) is 73.2. The lowest BCUT2D eigenvalue weighted by Crippen LogP contribution is -2.29. The highest BCUT2D eigenvalue weighted by atomic mass is 32.1. The maximum Gasteiger partial charge on any atom is 0.116 e. The molecule has 0 spiro atoms. The van der Waals surface area contributed by atoms with Crippen LogP contribution in [0.1, 0.15) is 350 Å². The maximum atomic E-state index is 5.47. The fraction of sp³-hybridized carbons (Fsp3) is 0.521. The minimum Gasteiger partial charge on any atom is -0.172 e. The van der Waals surface area contributed by atoms with E-state index in [2.05, 4.69) is 163 Å². The number of hydrogen-bond acceptors (Lipinski definition) is 9. The first-order chi connectivity index (χ1) is 52.2. The SMILES string of the molecule is CCCCCCc1cc(CCCCCC)cc(C2(c3cc(CCCCCC)cc(CCCCCC)c3)c3ccsc3-c3sc(-c4c5c(c(-c6cc7c(s6)-c6sccc6C7(c6cc(CCCCCC)cc(CCCCCC)c6)c6cc(CCCCCC)cc(CCCCCC)c6)c6nsnc46)N=S=N5)cc32)c1. The molecule has 0 unspecified atom stereocenters. The number of unbranched alkanes of at least 4 members (excludes halogenated alkanes) is 24. The summed E-state index contributed by atoms with van der Waals surface area (Å²) in [6.07, 6.45) is 49.2. The molecule has 5 aromatic heterocycles. The Balaban J connectivity index is 1.01. The van der Waals surface area contributed by atoms with E-state index in [0.717, 1.165) is 84.9 Å². The Morgan fingerprint density at radius 2 is 0.528 bits per heavy atom. The van der Waals surface area contributed by atoms with Gasteiger partial charge in [-0.15, -0.1) is 45.3 Å². The zero-order valence-corrected chi connectivity index (χ0v) is 70.8. The van der Waals surface area contributed by atoms with Gasteiger partial charge in [-0.3, -0.25) is 0 Å². The van der Waals surface area contributed by atoms with Crippen molar-refractivity contribution in [3.8, 4) is 40.4 Å². The number of thiophene rings is 4. The van der Waals surface area contributed by atoms with Gasteiger partial charge in [-0.2, -0.15) is 17.5 Å². The van der Waals surface area contributed by atoms with Crippen molar-refractivity contribution in [2.75, 3.05) is 0 Å². The van der Waals surface area contributed by atoms with Crippen LogP contribution in [0.4, 0.5) is 11.4 Å². The normalized spacial score (nSPS) is 13.7. The smallest absolute Gasteiger partial charge is 0.116 e. The van der Waals surface area contributed by atoms with Gasteiger partial charge in [0, 0.05) is 30.6 Å². The Labute approximate surface area is 663 Å². The van der Waals surface area contributed by atoms with Crippen LogP contribution in [0.2, 0.25) is 0 Å². The third kappa shape index (κ3) is 17.0. The van der Waals surface area contributed by atoms with Gasteiger partial charge in [0.15, 0.2) is 0 Å². The summed E-state index contributed by atoms with van der Waals surface area (Å²) in [5.74, 6) is 0. The molecule has 10 aromatic rings. The zero-order valence-electron chi connectivity index (χ0n) is 65.9. The number of benzene rings is 5. The minimum atomic E-state index is -0.521. The van der Waals surface area contributed by atoms with Gasteiger partial charge >= 0.3 is 0 Å². The summed E-state index contributed by atoms with van der Waals surface area (Å²) >= 11 is 10.6. The van der Waals surface area contributed by atoms with E-state index in [1.54, 1.807) is 0 Å². The van der Waals surface area contributed by atoms with E-state index in [9.17, 15) is 0 Å². The van der Waals surface area contributed by atoms with Crippen LogP contribution >= 0.6 is 57.1 Å². The Morgan fingerprint density at radius 1 is 0.274 bits per heavy atom. The Hall–Kier alpha value is -5.46.